The smallest absolute Gasteiger partial charge is 0.231 e. The number of carbonyl (C=O) groups excluding carboxylic acids is 1. The van der Waals surface area contributed by atoms with Crippen LogP contribution in [0.15, 0.2) is 24.5 Å². The molecule has 6 heteroatoms. The molecule has 0 radical (unpaired) electrons. The van der Waals surface area contributed by atoms with E-state index in [0.717, 1.165) is 17.1 Å². The van der Waals surface area contributed by atoms with Crippen LogP contribution in [-0.4, -0.2) is 20.7 Å². The monoisotopic (exact) mass is 243 g/mol. The van der Waals surface area contributed by atoms with Gasteiger partial charge in [-0.25, -0.2) is 4.98 Å². The molecule has 92 valence electrons. The maximum Gasteiger partial charge on any atom is 0.231 e. The van der Waals surface area contributed by atoms with Gasteiger partial charge in [-0.1, -0.05) is 0 Å². The summed E-state index contributed by atoms with van der Waals surface area (Å²) in [6.45, 7) is 0.437. The van der Waals surface area contributed by atoms with Crippen molar-refractivity contribution >= 4 is 17.3 Å². The number of carbonyl (C=O) groups is 1. The molecule has 2 heterocycles. The van der Waals surface area contributed by atoms with Gasteiger partial charge in [0.05, 0.1) is 13.0 Å². The summed E-state index contributed by atoms with van der Waals surface area (Å²) >= 11 is 0. The highest BCUT2D eigenvalue weighted by Crippen LogP contribution is 2.31. The van der Waals surface area contributed by atoms with Crippen LogP contribution in [0.3, 0.4) is 0 Å². The molecule has 0 atom stereocenters. The maximum absolute atomic E-state index is 12.0. The van der Waals surface area contributed by atoms with Crippen LogP contribution in [0.5, 0.6) is 0 Å². The van der Waals surface area contributed by atoms with E-state index in [-0.39, 0.29) is 5.91 Å². The summed E-state index contributed by atoms with van der Waals surface area (Å²) in [6, 6.07) is 5.54. The fraction of sp³-hybridized carbons (Fsp3) is 0.250. The van der Waals surface area contributed by atoms with E-state index in [1.807, 2.05) is 19.2 Å². The van der Waals surface area contributed by atoms with E-state index in [0.29, 0.717) is 18.7 Å². The lowest BCUT2D eigenvalue weighted by Crippen LogP contribution is -2.27. The van der Waals surface area contributed by atoms with E-state index >= 15 is 0 Å². The Labute approximate surface area is 104 Å². The number of aromatic nitrogens is 3. The Hall–Kier alpha value is -2.37. The van der Waals surface area contributed by atoms with Gasteiger partial charge in [0.1, 0.15) is 12.2 Å². The second-order valence-corrected chi connectivity index (χ2v) is 4.34. The van der Waals surface area contributed by atoms with Gasteiger partial charge in [-0.15, -0.1) is 0 Å². The normalized spacial score (nSPS) is 14.1. The number of amides is 1. The molecular formula is C12H13N5O. The van der Waals surface area contributed by atoms with Crippen LogP contribution < -0.4 is 10.6 Å². The molecule has 0 bridgehead atoms. The van der Waals surface area contributed by atoms with Crippen LogP contribution in [0.2, 0.25) is 0 Å². The summed E-state index contributed by atoms with van der Waals surface area (Å²) in [6.07, 6.45) is 1.89. The van der Waals surface area contributed by atoms with E-state index in [4.69, 9.17) is 5.73 Å². The topological polar surface area (TPSA) is 77.0 Å². The summed E-state index contributed by atoms with van der Waals surface area (Å²) in [5.41, 5.74) is 8.30. The van der Waals surface area contributed by atoms with Gasteiger partial charge < -0.3 is 10.6 Å². The molecule has 1 aliphatic rings. The molecule has 3 rings (SSSR count). The molecule has 0 saturated heterocycles. The number of anilines is 2. The zero-order valence-corrected chi connectivity index (χ0v) is 10.00. The molecule has 0 unspecified atom stereocenters. The lowest BCUT2D eigenvalue weighted by Gasteiger charge is -2.16. The van der Waals surface area contributed by atoms with Gasteiger partial charge >= 0.3 is 0 Å². The summed E-state index contributed by atoms with van der Waals surface area (Å²) in [5.74, 6) is 0.826. The Morgan fingerprint density at radius 3 is 3.00 bits per heavy atom. The first-order chi connectivity index (χ1) is 8.65. The highest BCUT2D eigenvalue weighted by Gasteiger charge is 2.28. The molecule has 6 nitrogen and oxygen atoms in total. The third-order valence-electron chi connectivity index (χ3n) is 3.14. The third kappa shape index (κ3) is 1.62. The van der Waals surface area contributed by atoms with Crippen molar-refractivity contribution in [1.82, 2.24) is 14.8 Å². The Balaban J connectivity index is 1.95. The summed E-state index contributed by atoms with van der Waals surface area (Å²) < 4.78 is 1.67. The summed E-state index contributed by atoms with van der Waals surface area (Å²) in [7, 11) is 1.81. The van der Waals surface area contributed by atoms with Gasteiger partial charge in [0.15, 0.2) is 0 Å². The van der Waals surface area contributed by atoms with Gasteiger partial charge in [-0.2, -0.15) is 5.10 Å². The van der Waals surface area contributed by atoms with Crippen molar-refractivity contribution in [3.05, 3.63) is 35.9 Å². The Morgan fingerprint density at radius 1 is 1.44 bits per heavy atom. The lowest BCUT2D eigenvalue weighted by molar-refractivity contribution is -0.117. The van der Waals surface area contributed by atoms with E-state index in [1.165, 1.54) is 6.33 Å². The third-order valence-corrected chi connectivity index (χ3v) is 3.14. The van der Waals surface area contributed by atoms with Crippen LogP contribution >= 0.6 is 0 Å². The summed E-state index contributed by atoms with van der Waals surface area (Å²) in [5, 5.41) is 4.00. The number of nitrogens with two attached hydrogens (primary N) is 1. The fourth-order valence-electron chi connectivity index (χ4n) is 2.18. The number of fused-ring (bicyclic) bond motifs is 1. The minimum Gasteiger partial charge on any atom is -0.399 e. The van der Waals surface area contributed by atoms with Gasteiger partial charge in [0.25, 0.3) is 0 Å². The van der Waals surface area contributed by atoms with E-state index in [9.17, 15) is 4.79 Å². The zero-order valence-electron chi connectivity index (χ0n) is 10.00. The molecule has 0 fully saturated rings. The second kappa shape index (κ2) is 3.83. The first kappa shape index (κ1) is 10.8. The molecule has 1 amide bonds. The quantitative estimate of drug-likeness (QED) is 0.778. The van der Waals surface area contributed by atoms with Crippen molar-refractivity contribution in [3.63, 3.8) is 0 Å². The number of nitrogen functional groups attached to an aromatic ring is 1. The van der Waals surface area contributed by atoms with E-state index in [2.05, 4.69) is 10.1 Å². The number of hydrogen-bond donors (Lipinski definition) is 1. The van der Waals surface area contributed by atoms with Crippen molar-refractivity contribution < 1.29 is 4.79 Å². The van der Waals surface area contributed by atoms with Crippen LogP contribution in [-0.2, 0) is 24.8 Å². The van der Waals surface area contributed by atoms with Crippen molar-refractivity contribution in [2.75, 3.05) is 10.6 Å². The molecule has 2 N–H and O–H groups in total. The Bertz CT molecular complexity index is 619. The molecule has 2 aromatic rings. The minimum absolute atomic E-state index is 0.0681. The van der Waals surface area contributed by atoms with E-state index < -0.39 is 0 Å². The van der Waals surface area contributed by atoms with E-state index in [1.54, 1.807) is 15.6 Å². The number of rotatable bonds is 2. The minimum atomic E-state index is 0.0681. The van der Waals surface area contributed by atoms with Crippen molar-refractivity contribution in [2.45, 2.75) is 13.0 Å². The van der Waals surface area contributed by atoms with Gasteiger partial charge in [-0.05, 0) is 23.8 Å². The Kier molecular flexibility index (Phi) is 2.29. The molecule has 1 aromatic heterocycles. The predicted octanol–water partition coefficient (Wildman–Crippen LogP) is 0.487. The van der Waals surface area contributed by atoms with Crippen molar-refractivity contribution in [3.8, 4) is 0 Å². The van der Waals surface area contributed by atoms with Gasteiger partial charge in [0, 0.05) is 18.4 Å². The van der Waals surface area contributed by atoms with Gasteiger partial charge in [0.2, 0.25) is 5.91 Å². The average Bonchev–Trinajstić information content (AvgIpc) is 2.85. The number of benzene rings is 1. The lowest BCUT2D eigenvalue weighted by atomic mass is 10.1. The predicted molar refractivity (Wildman–Crippen MR) is 66.8 cm³/mol. The molecule has 1 aliphatic heterocycles. The number of aryl methyl sites for hydroxylation is 1. The number of nitrogens with zero attached hydrogens (tertiary/aromatic N) is 4. The SMILES string of the molecule is Cn1ncnc1CN1C(=O)Cc2cc(N)ccc21. The molecular weight excluding hydrogens is 230 g/mol. The highest BCUT2D eigenvalue weighted by atomic mass is 16.2. The molecule has 0 saturated carbocycles. The first-order valence-electron chi connectivity index (χ1n) is 5.67. The standard InChI is InChI=1S/C12H13N5O/c1-16-11(14-7-15-16)6-17-10-3-2-9(13)4-8(10)5-12(17)18/h2-4,7H,5-6,13H2,1H3. The zero-order chi connectivity index (χ0) is 12.7. The van der Waals surface area contributed by atoms with Crippen molar-refractivity contribution in [1.29, 1.82) is 0 Å². The molecule has 18 heavy (non-hydrogen) atoms. The Morgan fingerprint density at radius 2 is 2.28 bits per heavy atom. The van der Waals surface area contributed by atoms with Crippen LogP contribution in [0.4, 0.5) is 11.4 Å². The molecule has 0 aliphatic carbocycles. The van der Waals surface area contributed by atoms with Crippen molar-refractivity contribution in [2.24, 2.45) is 7.05 Å². The second-order valence-electron chi connectivity index (χ2n) is 4.34. The average molecular weight is 243 g/mol. The number of hydrogen-bond acceptors (Lipinski definition) is 4. The first-order valence-corrected chi connectivity index (χ1v) is 5.67. The largest absolute Gasteiger partial charge is 0.399 e. The van der Waals surface area contributed by atoms with Gasteiger partial charge in [-0.3, -0.25) is 9.48 Å². The summed E-state index contributed by atoms with van der Waals surface area (Å²) in [4.78, 5) is 17.9. The highest BCUT2D eigenvalue weighted by molar-refractivity contribution is 6.01. The maximum atomic E-state index is 12.0. The fourth-order valence-corrected chi connectivity index (χ4v) is 2.18. The van der Waals surface area contributed by atoms with Crippen LogP contribution in [0, 0.1) is 0 Å². The molecule has 1 aromatic carbocycles. The van der Waals surface area contributed by atoms with Crippen LogP contribution in [0.1, 0.15) is 11.4 Å². The molecule has 0 spiro atoms. The van der Waals surface area contributed by atoms with Crippen LogP contribution in [0.25, 0.3) is 0 Å².